The number of rotatable bonds is 7. The molecule has 4 rings (SSSR count). The number of Topliss-reactive ketones (excluding diaryl/α,β-unsaturated/α-hetero) is 1. The van der Waals surface area contributed by atoms with Crippen LogP contribution in [-0.2, 0) is 14.3 Å². The molecule has 1 saturated heterocycles. The summed E-state index contributed by atoms with van der Waals surface area (Å²) in [7, 11) is 0. The number of ketones is 1. The number of hydrogen-bond donors (Lipinski definition) is 1. The molecule has 0 spiro atoms. The van der Waals surface area contributed by atoms with E-state index in [4.69, 9.17) is 14.2 Å². The zero-order chi connectivity index (χ0) is 22.0. The Morgan fingerprint density at radius 3 is 2.61 bits per heavy atom. The van der Waals surface area contributed by atoms with Crippen LogP contribution in [0.1, 0.15) is 37.4 Å². The molecule has 7 nitrogen and oxygen atoms in total. The van der Waals surface area contributed by atoms with E-state index >= 15 is 0 Å². The summed E-state index contributed by atoms with van der Waals surface area (Å²) < 4.78 is 16.3. The quantitative estimate of drug-likeness (QED) is 0.317. The minimum absolute atomic E-state index is 0.0693. The molecule has 2 aliphatic rings. The molecule has 1 N–H and O–H groups in total. The molecule has 162 valence electrons. The lowest BCUT2D eigenvalue weighted by Gasteiger charge is -2.25. The van der Waals surface area contributed by atoms with E-state index in [1.54, 1.807) is 18.2 Å². The van der Waals surface area contributed by atoms with Crippen LogP contribution in [0.25, 0.3) is 5.76 Å². The third kappa shape index (κ3) is 4.14. The van der Waals surface area contributed by atoms with Gasteiger partial charge in [0.15, 0.2) is 11.5 Å². The lowest BCUT2D eigenvalue weighted by atomic mass is 9.95. The summed E-state index contributed by atoms with van der Waals surface area (Å²) in [5.74, 6) is -0.497. The molecule has 2 aliphatic heterocycles. The summed E-state index contributed by atoms with van der Waals surface area (Å²) >= 11 is 0. The fourth-order valence-electron chi connectivity index (χ4n) is 3.85. The Labute approximate surface area is 180 Å². The maximum absolute atomic E-state index is 13.0. The second kappa shape index (κ2) is 8.81. The fourth-order valence-corrected chi connectivity index (χ4v) is 3.85. The van der Waals surface area contributed by atoms with Crippen molar-refractivity contribution in [3.63, 3.8) is 0 Å². The average molecular weight is 423 g/mol. The lowest BCUT2D eigenvalue weighted by Crippen LogP contribution is -2.31. The highest BCUT2D eigenvalue weighted by molar-refractivity contribution is 6.46. The Kier molecular flexibility index (Phi) is 5.95. The minimum Gasteiger partial charge on any atom is -0.507 e. The molecule has 0 aliphatic carbocycles. The molecule has 0 saturated carbocycles. The highest BCUT2D eigenvalue weighted by Crippen LogP contribution is 2.41. The lowest BCUT2D eigenvalue weighted by molar-refractivity contribution is -0.140. The maximum atomic E-state index is 13.0. The highest BCUT2D eigenvalue weighted by atomic mass is 16.7. The third-order valence-corrected chi connectivity index (χ3v) is 5.30. The van der Waals surface area contributed by atoms with Gasteiger partial charge in [-0.2, -0.15) is 0 Å². The van der Waals surface area contributed by atoms with Crippen LogP contribution in [-0.4, -0.2) is 47.7 Å². The van der Waals surface area contributed by atoms with Crippen LogP contribution in [0.2, 0.25) is 0 Å². The summed E-state index contributed by atoms with van der Waals surface area (Å²) in [6.07, 6.45) is 0.671. The Morgan fingerprint density at radius 1 is 1.13 bits per heavy atom. The molecule has 0 bridgehead atoms. The van der Waals surface area contributed by atoms with Crippen LogP contribution in [0.3, 0.4) is 0 Å². The molecule has 1 unspecified atom stereocenters. The predicted octanol–water partition coefficient (Wildman–Crippen LogP) is 3.65. The molecular weight excluding hydrogens is 398 g/mol. The Morgan fingerprint density at radius 2 is 1.87 bits per heavy atom. The van der Waals surface area contributed by atoms with Crippen molar-refractivity contribution in [2.24, 2.45) is 0 Å². The first-order valence-corrected chi connectivity index (χ1v) is 10.3. The number of nitrogens with zero attached hydrogens (tertiary/aromatic N) is 1. The standard InChI is InChI=1S/C24H25NO6/c1-15(2)29-12-6-11-25-21(16-7-4-3-5-8-16)20(23(27)24(25)28)22(26)17-9-10-18-19(13-17)31-14-30-18/h3-5,7-10,13,15,21,26H,6,11-12,14H2,1-2H3/b22-20-. The smallest absolute Gasteiger partial charge is 0.295 e. The van der Waals surface area contributed by atoms with Crippen molar-refractivity contribution in [3.05, 3.63) is 65.2 Å². The summed E-state index contributed by atoms with van der Waals surface area (Å²) in [6, 6.07) is 13.5. The monoisotopic (exact) mass is 423 g/mol. The SMILES string of the molecule is CC(C)OCCCN1C(=O)C(=O)/C(=C(\O)c2ccc3c(c2)OCO3)C1c1ccccc1. The molecule has 1 amide bonds. The largest absolute Gasteiger partial charge is 0.507 e. The van der Waals surface area contributed by atoms with Crippen LogP contribution < -0.4 is 9.47 Å². The number of benzene rings is 2. The van der Waals surface area contributed by atoms with Crippen molar-refractivity contribution in [1.82, 2.24) is 4.90 Å². The molecule has 2 aromatic carbocycles. The first-order valence-electron chi connectivity index (χ1n) is 10.3. The molecule has 0 radical (unpaired) electrons. The van der Waals surface area contributed by atoms with E-state index in [-0.39, 0.29) is 24.2 Å². The van der Waals surface area contributed by atoms with E-state index in [9.17, 15) is 14.7 Å². The number of hydrogen-bond acceptors (Lipinski definition) is 6. The number of likely N-dealkylation sites (tertiary alicyclic amines) is 1. The maximum Gasteiger partial charge on any atom is 0.295 e. The summed E-state index contributed by atoms with van der Waals surface area (Å²) in [5.41, 5.74) is 1.22. The van der Waals surface area contributed by atoms with E-state index in [1.807, 2.05) is 44.2 Å². The van der Waals surface area contributed by atoms with Gasteiger partial charge < -0.3 is 24.2 Å². The van der Waals surface area contributed by atoms with Crippen LogP contribution in [0.4, 0.5) is 0 Å². The highest BCUT2D eigenvalue weighted by Gasteiger charge is 2.45. The predicted molar refractivity (Wildman–Crippen MR) is 114 cm³/mol. The number of ether oxygens (including phenoxy) is 3. The minimum atomic E-state index is -0.700. The molecule has 1 fully saturated rings. The second-order valence-corrected chi connectivity index (χ2v) is 7.74. The van der Waals surface area contributed by atoms with Gasteiger partial charge in [0.05, 0.1) is 17.7 Å². The van der Waals surface area contributed by atoms with Gasteiger partial charge in [-0.25, -0.2) is 0 Å². The number of fused-ring (bicyclic) bond motifs is 1. The number of amides is 1. The van der Waals surface area contributed by atoms with Crippen LogP contribution in [0.5, 0.6) is 11.5 Å². The second-order valence-electron chi connectivity index (χ2n) is 7.74. The summed E-state index contributed by atoms with van der Waals surface area (Å²) in [6.45, 7) is 4.81. The van der Waals surface area contributed by atoms with Gasteiger partial charge in [0.1, 0.15) is 5.76 Å². The molecule has 31 heavy (non-hydrogen) atoms. The molecule has 1 atom stereocenters. The number of aliphatic hydroxyl groups is 1. The summed E-state index contributed by atoms with van der Waals surface area (Å²) in [5, 5.41) is 11.1. The molecule has 2 aromatic rings. The molecular formula is C24H25NO6. The van der Waals surface area contributed by atoms with Gasteiger partial charge >= 0.3 is 0 Å². The van der Waals surface area contributed by atoms with Crippen molar-refractivity contribution in [3.8, 4) is 11.5 Å². The Hall–Kier alpha value is -3.32. The van der Waals surface area contributed by atoms with E-state index in [2.05, 4.69) is 0 Å². The van der Waals surface area contributed by atoms with Crippen molar-refractivity contribution in [1.29, 1.82) is 0 Å². The van der Waals surface area contributed by atoms with Gasteiger partial charge in [0.25, 0.3) is 11.7 Å². The number of aliphatic hydroxyl groups excluding tert-OH is 1. The normalized spacial score (nSPS) is 19.5. The number of carbonyl (C=O) groups is 2. The topological polar surface area (TPSA) is 85.3 Å². The van der Waals surface area contributed by atoms with Crippen molar-refractivity contribution in [2.75, 3.05) is 19.9 Å². The molecule has 0 aromatic heterocycles. The molecule has 7 heteroatoms. The van der Waals surface area contributed by atoms with Crippen LogP contribution in [0, 0.1) is 0 Å². The van der Waals surface area contributed by atoms with Crippen LogP contribution in [0.15, 0.2) is 54.1 Å². The van der Waals surface area contributed by atoms with Crippen molar-refractivity contribution >= 4 is 17.4 Å². The van der Waals surface area contributed by atoms with Crippen molar-refractivity contribution in [2.45, 2.75) is 32.4 Å². The fraction of sp³-hybridized carbons (Fsp3) is 0.333. The van der Waals surface area contributed by atoms with Crippen molar-refractivity contribution < 1.29 is 28.9 Å². The molecule has 2 heterocycles. The zero-order valence-corrected chi connectivity index (χ0v) is 17.5. The Bertz CT molecular complexity index is 1010. The van der Waals surface area contributed by atoms with E-state index in [0.717, 1.165) is 5.56 Å². The van der Waals surface area contributed by atoms with E-state index in [1.165, 1.54) is 4.90 Å². The van der Waals surface area contributed by atoms with Crippen LogP contribution >= 0.6 is 0 Å². The van der Waals surface area contributed by atoms with Gasteiger partial charge in [-0.3, -0.25) is 9.59 Å². The first kappa shape index (κ1) is 20.9. The summed E-state index contributed by atoms with van der Waals surface area (Å²) in [4.78, 5) is 27.4. The average Bonchev–Trinajstić information content (AvgIpc) is 3.34. The van der Waals surface area contributed by atoms with Gasteiger partial charge in [-0.1, -0.05) is 30.3 Å². The van der Waals surface area contributed by atoms with Gasteiger partial charge in [0.2, 0.25) is 6.79 Å². The first-order chi connectivity index (χ1) is 15.0. The third-order valence-electron chi connectivity index (χ3n) is 5.30. The zero-order valence-electron chi connectivity index (χ0n) is 17.5. The Balaban J connectivity index is 1.72. The number of carbonyl (C=O) groups excluding carboxylic acids is 2. The van der Waals surface area contributed by atoms with Gasteiger partial charge in [-0.05, 0) is 44.0 Å². The van der Waals surface area contributed by atoms with Gasteiger partial charge in [0, 0.05) is 18.7 Å². The van der Waals surface area contributed by atoms with E-state index < -0.39 is 17.7 Å². The van der Waals surface area contributed by atoms with Gasteiger partial charge in [-0.15, -0.1) is 0 Å². The van der Waals surface area contributed by atoms with E-state index in [0.29, 0.717) is 36.6 Å².